The van der Waals surface area contributed by atoms with E-state index < -0.39 is 23.9 Å². The highest BCUT2D eigenvalue weighted by Crippen LogP contribution is 2.41. The molecule has 1 fully saturated rings. The minimum Gasteiger partial charge on any atom is -0.381 e. The highest BCUT2D eigenvalue weighted by Gasteiger charge is 2.55. The number of amides is 1. The van der Waals surface area contributed by atoms with Crippen LogP contribution in [-0.2, 0) is 16.9 Å². The molecule has 0 heterocycles. The predicted octanol–water partition coefficient (Wildman–Crippen LogP) is 6.03. The molecular formula is C21H20BrCl2F3N2O2. The fraction of sp³-hybridized carbons (Fsp3) is 0.381. The summed E-state index contributed by atoms with van der Waals surface area (Å²) < 4.78 is 41.9. The number of halogens is 6. The van der Waals surface area contributed by atoms with Gasteiger partial charge in [-0.25, -0.2) is 0 Å². The number of carbonyl (C=O) groups excluding carboxylic acids is 1. The van der Waals surface area contributed by atoms with Crippen molar-refractivity contribution < 1.29 is 23.1 Å². The summed E-state index contributed by atoms with van der Waals surface area (Å²) in [4.78, 5) is 11.8. The van der Waals surface area contributed by atoms with Crippen LogP contribution >= 0.6 is 39.1 Å². The summed E-state index contributed by atoms with van der Waals surface area (Å²) in [5.74, 6) is 0.462. The van der Waals surface area contributed by atoms with Crippen molar-refractivity contribution in [1.82, 2.24) is 5.32 Å². The van der Waals surface area contributed by atoms with Crippen molar-refractivity contribution in [3.05, 3.63) is 62.0 Å². The lowest BCUT2D eigenvalue weighted by Crippen LogP contribution is -2.47. The fourth-order valence-corrected chi connectivity index (χ4v) is 4.08. The van der Waals surface area contributed by atoms with Gasteiger partial charge in [0.1, 0.15) is 0 Å². The molecule has 31 heavy (non-hydrogen) atoms. The Bertz CT molecular complexity index is 950. The Kier molecular flexibility index (Phi) is 7.46. The topological polar surface area (TPSA) is 61.4 Å². The zero-order valence-corrected chi connectivity index (χ0v) is 19.3. The molecule has 1 saturated carbocycles. The maximum Gasteiger partial charge on any atom is 0.423 e. The Hall–Kier alpha value is -1.48. The minimum atomic E-state index is -4.98. The van der Waals surface area contributed by atoms with Crippen LogP contribution in [0.2, 0.25) is 10.0 Å². The smallest absolute Gasteiger partial charge is 0.381 e. The molecule has 0 saturated heterocycles. The molecule has 1 amide bonds. The van der Waals surface area contributed by atoms with Gasteiger partial charge in [0.25, 0.3) is 0 Å². The Morgan fingerprint density at radius 2 is 1.77 bits per heavy atom. The van der Waals surface area contributed by atoms with Crippen LogP contribution in [0.4, 0.5) is 18.9 Å². The molecule has 0 radical (unpaired) electrons. The standard InChI is InChI=1S/C21H20BrCl2F3N2O2/c22-18-9-17(4-3-13(18)10-28-19(30)5-12-1-2-12)29-11-20(31,21(25,26)27)14-6-15(23)8-16(24)7-14/h3-4,6-9,12,29,31H,1-2,5,10-11H2,(H,28,30)/t20-/m1/s1. The van der Waals surface area contributed by atoms with Crippen LogP contribution in [0.25, 0.3) is 0 Å². The SMILES string of the molecule is O=C(CC1CC1)NCc1ccc(NC[C@@](O)(c2cc(Cl)cc(Cl)c2)C(F)(F)F)cc1Br. The first-order chi connectivity index (χ1) is 14.5. The molecule has 1 atom stereocenters. The molecule has 4 nitrogen and oxygen atoms in total. The number of hydrogen-bond acceptors (Lipinski definition) is 3. The molecule has 0 bridgehead atoms. The van der Waals surface area contributed by atoms with Gasteiger partial charge in [-0.1, -0.05) is 45.2 Å². The Morgan fingerprint density at radius 1 is 1.13 bits per heavy atom. The van der Waals surface area contributed by atoms with Crippen molar-refractivity contribution in [2.24, 2.45) is 5.92 Å². The first-order valence-corrected chi connectivity index (χ1v) is 11.1. The first-order valence-electron chi connectivity index (χ1n) is 9.52. The lowest BCUT2D eigenvalue weighted by atomic mass is 9.92. The van der Waals surface area contributed by atoms with E-state index in [0.717, 1.165) is 30.5 Å². The van der Waals surface area contributed by atoms with Gasteiger partial charge in [-0.3, -0.25) is 4.79 Å². The second-order valence-corrected chi connectivity index (χ2v) is 9.33. The number of alkyl halides is 3. The van der Waals surface area contributed by atoms with Crippen LogP contribution in [0.1, 0.15) is 30.4 Å². The van der Waals surface area contributed by atoms with Crippen molar-refractivity contribution in [1.29, 1.82) is 0 Å². The molecule has 1 aliphatic rings. The third-order valence-corrected chi connectivity index (χ3v) is 6.23. The molecule has 10 heteroatoms. The number of hydrogen-bond donors (Lipinski definition) is 3. The van der Waals surface area contributed by atoms with Gasteiger partial charge < -0.3 is 15.7 Å². The monoisotopic (exact) mass is 538 g/mol. The highest BCUT2D eigenvalue weighted by atomic mass is 79.9. The molecular weight excluding hydrogens is 520 g/mol. The van der Waals surface area contributed by atoms with Crippen LogP contribution in [0.3, 0.4) is 0 Å². The van der Waals surface area contributed by atoms with E-state index >= 15 is 0 Å². The summed E-state index contributed by atoms with van der Waals surface area (Å²) in [5.41, 5.74) is -2.53. The molecule has 1 aliphatic carbocycles. The average Bonchev–Trinajstić information content (AvgIpc) is 3.47. The summed E-state index contributed by atoms with van der Waals surface area (Å²) in [7, 11) is 0. The maximum absolute atomic E-state index is 13.7. The van der Waals surface area contributed by atoms with Crippen LogP contribution in [0.15, 0.2) is 40.9 Å². The van der Waals surface area contributed by atoms with Crippen molar-refractivity contribution in [2.75, 3.05) is 11.9 Å². The van der Waals surface area contributed by atoms with Crippen LogP contribution in [0, 0.1) is 5.92 Å². The molecule has 0 unspecified atom stereocenters. The van der Waals surface area contributed by atoms with Gasteiger partial charge in [0.2, 0.25) is 11.5 Å². The lowest BCUT2D eigenvalue weighted by molar-refractivity contribution is -0.260. The molecule has 0 aliphatic heterocycles. The van der Waals surface area contributed by atoms with Crippen molar-refractivity contribution in [3.63, 3.8) is 0 Å². The summed E-state index contributed by atoms with van der Waals surface area (Å²) in [6.45, 7) is -0.545. The fourth-order valence-electron chi connectivity index (χ4n) is 3.04. The van der Waals surface area contributed by atoms with Crippen LogP contribution < -0.4 is 10.6 Å². The van der Waals surface area contributed by atoms with Gasteiger partial charge in [-0.2, -0.15) is 13.2 Å². The van der Waals surface area contributed by atoms with Crippen molar-refractivity contribution in [3.8, 4) is 0 Å². The molecule has 0 aromatic heterocycles. The summed E-state index contributed by atoms with van der Waals surface area (Å²) in [6.07, 6.45) is -2.29. The van der Waals surface area contributed by atoms with Crippen LogP contribution in [0.5, 0.6) is 0 Å². The van der Waals surface area contributed by atoms with Gasteiger partial charge in [0, 0.05) is 33.2 Å². The van der Waals surface area contributed by atoms with Gasteiger partial charge >= 0.3 is 6.18 Å². The maximum atomic E-state index is 13.7. The van der Waals surface area contributed by atoms with E-state index in [0.29, 0.717) is 29.0 Å². The Labute approximate surface area is 196 Å². The molecule has 2 aromatic rings. The Balaban J connectivity index is 1.70. The Morgan fingerprint density at radius 3 is 2.32 bits per heavy atom. The predicted molar refractivity (Wildman–Crippen MR) is 118 cm³/mol. The summed E-state index contributed by atoms with van der Waals surface area (Å²) in [6, 6.07) is 8.21. The molecule has 3 N–H and O–H groups in total. The number of rotatable bonds is 8. The molecule has 168 valence electrons. The largest absolute Gasteiger partial charge is 0.423 e. The van der Waals surface area contributed by atoms with E-state index in [-0.39, 0.29) is 16.0 Å². The second kappa shape index (κ2) is 9.57. The first kappa shape index (κ1) is 24.2. The van der Waals surface area contributed by atoms with E-state index in [4.69, 9.17) is 23.2 Å². The normalized spacial score (nSPS) is 16.0. The lowest BCUT2D eigenvalue weighted by Gasteiger charge is -2.32. The third-order valence-electron chi connectivity index (χ3n) is 5.06. The summed E-state index contributed by atoms with van der Waals surface area (Å²) >= 11 is 15.0. The molecule has 2 aromatic carbocycles. The van der Waals surface area contributed by atoms with Crippen molar-refractivity contribution >= 4 is 50.7 Å². The zero-order chi connectivity index (χ0) is 22.8. The van der Waals surface area contributed by atoms with E-state index in [1.165, 1.54) is 6.07 Å². The third kappa shape index (κ3) is 6.28. The number of carbonyl (C=O) groups is 1. The quantitative estimate of drug-likeness (QED) is 0.383. The zero-order valence-electron chi connectivity index (χ0n) is 16.2. The van der Waals surface area contributed by atoms with Crippen LogP contribution in [-0.4, -0.2) is 23.7 Å². The summed E-state index contributed by atoms with van der Waals surface area (Å²) in [5, 5.41) is 15.9. The number of anilines is 1. The van der Waals surface area contributed by atoms with Gasteiger partial charge in [0.05, 0.1) is 6.54 Å². The molecule has 0 spiro atoms. The van der Waals surface area contributed by atoms with E-state index in [9.17, 15) is 23.1 Å². The van der Waals surface area contributed by atoms with E-state index in [1.807, 2.05) is 0 Å². The second-order valence-electron chi connectivity index (χ2n) is 7.60. The van der Waals surface area contributed by atoms with Gasteiger partial charge in [-0.15, -0.1) is 0 Å². The van der Waals surface area contributed by atoms with E-state index in [1.54, 1.807) is 18.2 Å². The number of benzene rings is 2. The highest BCUT2D eigenvalue weighted by molar-refractivity contribution is 9.10. The minimum absolute atomic E-state index is 0.0130. The van der Waals surface area contributed by atoms with Gasteiger partial charge in [0.15, 0.2) is 0 Å². The number of aliphatic hydroxyl groups is 1. The van der Waals surface area contributed by atoms with Crippen molar-refractivity contribution in [2.45, 2.75) is 37.6 Å². The van der Waals surface area contributed by atoms with E-state index in [2.05, 4.69) is 26.6 Å². The average molecular weight is 540 g/mol. The molecule has 3 rings (SSSR count). The number of nitrogens with one attached hydrogen (secondary N) is 2. The van der Waals surface area contributed by atoms with Gasteiger partial charge in [-0.05, 0) is 60.2 Å².